The quantitative estimate of drug-likeness (QED) is 0.728. The van der Waals surface area contributed by atoms with E-state index in [1.165, 1.54) is 18.2 Å². The van der Waals surface area contributed by atoms with Crippen LogP contribution in [0.3, 0.4) is 0 Å². The molecule has 2 rings (SSSR count). The van der Waals surface area contributed by atoms with Crippen molar-refractivity contribution in [1.29, 1.82) is 0 Å². The largest absolute Gasteiger partial charge is 0.481 e. The standard InChI is InChI=1S/C17H21FN2O4/c18-13-3-1-2-11(8-13)9-15(21)19-10-16(22)20-14-6-4-12(5-7-14)17(23)24/h1-3,8,12,14H,4-7,9-10H2,(H,19,21)(H,20,22)(H,23,24). The molecule has 6 nitrogen and oxygen atoms in total. The summed E-state index contributed by atoms with van der Waals surface area (Å²) >= 11 is 0. The number of halogens is 1. The molecular formula is C17H21FN2O4. The van der Waals surface area contributed by atoms with Crippen LogP contribution in [0.5, 0.6) is 0 Å². The predicted molar refractivity (Wildman–Crippen MR) is 84.6 cm³/mol. The van der Waals surface area contributed by atoms with Crippen LogP contribution < -0.4 is 10.6 Å². The Balaban J connectivity index is 1.68. The summed E-state index contributed by atoms with van der Waals surface area (Å²) in [4.78, 5) is 34.5. The van der Waals surface area contributed by atoms with E-state index in [-0.39, 0.29) is 36.7 Å². The van der Waals surface area contributed by atoms with Gasteiger partial charge >= 0.3 is 5.97 Å². The molecule has 2 amide bonds. The van der Waals surface area contributed by atoms with E-state index >= 15 is 0 Å². The Morgan fingerprint density at radius 1 is 1.12 bits per heavy atom. The van der Waals surface area contributed by atoms with Gasteiger partial charge in [0, 0.05) is 6.04 Å². The summed E-state index contributed by atoms with van der Waals surface area (Å²) in [6.45, 7) is -0.146. The number of carbonyl (C=O) groups is 3. The van der Waals surface area contributed by atoms with Gasteiger partial charge in [0.25, 0.3) is 0 Å². The molecule has 1 saturated carbocycles. The Kier molecular flexibility index (Phi) is 6.28. The monoisotopic (exact) mass is 336 g/mol. The zero-order chi connectivity index (χ0) is 17.5. The lowest BCUT2D eigenvalue weighted by Crippen LogP contribution is -2.44. The van der Waals surface area contributed by atoms with Crippen molar-refractivity contribution in [2.45, 2.75) is 38.1 Å². The summed E-state index contributed by atoms with van der Waals surface area (Å²) in [7, 11) is 0. The van der Waals surface area contributed by atoms with Crippen molar-refractivity contribution in [3.63, 3.8) is 0 Å². The summed E-state index contributed by atoms with van der Waals surface area (Å²) in [5.74, 6) is -2.18. The number of benzene rings is 1. The van der Waals surface area contributed by atoms with Crippen LogP contribution >= 0.6 is 0 Å². The molecule has 1 aromatic rings. The molecule has 0 heterocycles. The maximum absolute atomic E-state index is 13.0. The molecule has 0 unspecified atom stereocenters. The van der Waals surface area contributed by atoms with E-state index in [9.17, 15) is 18.8 Å². The fourth-order valence-electron chi connectivity index (χ4n) is 2.84. The third-order valence-corrected chi connectivity index (χ3v) is 4.14. The average Bonchev–Trinajstić information content (AvgIpc) is 2.53. The molecule has 0 bridgehead atoms. The molecule has 0 aromatic heterocycles. The molecule has 1 aliphatic rings. The Morgan fingerprint density at radius 3 is 2.46 bits per heavy atom. The molecule has 1 aromatic carbocycles. The zero-order valence-electron chi connectivity index (χ0n) is 13.3. The van der Waals surface area contributed by atoms with Crippen molar-refractivity contribution >= 4 is 17.8 Å². The van der Waals surface area contributed by atoms with Gasteiger partial charge in [-0.25, -0.2) is 4.39 Å². The normalized spacial score (nSPS) is 20.2. The first-order valence-corrected chi connectivity index (χ1v) is 7.97. The molecule has 24 heavy (non-hydrogen) atoms. The van der Waals surface area contributed by atoms with Crippen molar-refractivity contribution in [1.82, 2.24) is 10.6 Å². The Hall–Kier alpha value is -2.44. The van der Waals surface area contributed by atoms with E-state index in [1.807, 2.05) is 0 Å². The van der Waals surface area contributed by atoms with Crippen LogP contribution in [0.1, 0.15) is 31.2 Å². The average molecular weight is 336 g/mol. The van der Waals surface area contributed by atoms with Gasteiger partial charge < -0.3 is 15.7 Å². The van der Waals surface area contributed by atoms with Crippen molar-refractivity contribution in [3.05, 3.63) is 35.6 Å². The van der Waals surface area contributed by atoms with Crippen LogP contribution in [0.25, 0.3) is 0 Å². The fraction of sp³-hybridized carbons (Fsp3) is 0.471. The number of rotatable bonds is 6. The smallest absolute Gasteiger partial charge is 0.306 e. The Bertz CT molecular complexity index is 612. The van der Waals surface area contributed by atoms with Crippen LogP contribution in [0.4, 0.5) is 4.39 Å². The molecule has 3 N–H and O–H groups in total. The summed E-state index contributed by atoms with van der Waals surface area (Å²) in [6, 6.07) is 5.70. The van der Waals surface area contributed by atoms with Crippen LogP contribution in [0.15, 0.2) is 24.3 Å². The van der Waals surface area contributed by atoms with Crippen LogP contribution in [0.2, 0.25) is 0 Å². The molecule has 0 aliphatic heterocycles. The second-order valence-corrected chi connectivity index (χ2v) is 6.04. The van der Waals surface area contributed by atoms with Crippen molar-refractivity contribution in [3.8, 4) is 0 Å². The van der Waals surface area contributed by atoms with E-state index in [4.69, 9.17) is 5.11 Å². The third kappa shape index (κ3) is 5.64. The van der Waals surface area contributed by atoms with Crippen LogP contribution in [-0.2, 0) is 20.8 Å². The summed E-state index contributed by atoms with van der Waals surface area (Å²) in [5.41, 5.74) is 0.542. The number of nitrogens with one attached hydrogen (secondary N) is 2. The Morgan fingerprint density at radius 2 is 1.83 bits per heavy atom. The summed E-state index contributed by atoms with van der Waals surface area (Å²) in [6.07, 6.45) is 2.35. The molecule has 1 aliphatic carbocycles. The number of carbonyl (C=O) groups excluding carboxylic acids is 2. The second-order valence-electron chi connectivity index (χ2n) is 6.04. The third-order valence-electron chi connectivity index (χ3n) is 4.14. The highest BCUT2D eigenvalue weighted by Gasteiger charge is 2.26. The van der Waals surface area contributed by atoms with E-state index in [0.29, 0.717) is 31.2 Å². The molecule has 0 radical (unpaired) electrons. The van der Waals surface area contributed by atoms with Gasteiger partial charge in [0.1, 0.15) is 5.82 Å². The van der Waals surface area contributed by atoms with Gasteiger partial charge in [0.15, 0.2) is 0 Å². The number of hydrogen-bond donors (Lipinski definition) is 3. The first-order valence-electron chi connectivity index (χ1n) is 7.97. The lowest BCUT2D eigenvalue weighted by molar-refractivity contribution is -0.142. The van der Waals surface area contributed by atoms with E-state index < -0.39 is 11.8 Å². The van der Waals surface area contributed by atoms with Gasteiger partial charge in [-0.1, -0.05) is 12.1 Å². The maximum Gasteiger partial charge on any atom is 0.306 e. The van der Waals surface area contributed by atoms with Gasteiger partial charge in [-0.05, 0) is 43.4 Å². The molecule has 0 atom stereocenters. The molecule has 0 spiro atoms. The van der Waals surface area contributed by atoms with Crippen molar-refractivity contribution in [2.24, 2.45) is 5.92 Å². The minimum Gasteiger partial charge on any atom is -0.481 e. The first-order chi connectivity index (χ1) is 11.4. The molecule has 130 valence electrons. The van der Waals surface area contributed by atoms with Gasteiger partial charge in [0.2, 0.25) is 11.8 Å². The molecular weight excluding hydrogens is 315 g/mol. The molecule has 0 saturated heterocycles. The van der Waals surface area contributed by atoms with Gasteiger partial charge in [-0.3, -0.25) is 14.4 Å². The zero-order valence-corrected chi connectivity index (χ0v) is 13.3. The topological polar surface area (TPSA) is 95.5 Å². The van der Waals surface area contributed by atoms with E-state index in [1.54, 1.807) is 6.07 Å². The van der Waals surface area contributed by atoms with Gasteiger partial charge in [-0.2, -0.15) is 0 Å². The molecule has 1 fully saturated rings. The van der Waals surface area contributed by atoms with Crippen molar-refractivity contribution in [2.75, 3.05) is 6.54 Å². The van der Waals surface area contributed by atoms with Crippen LogP contribution in [0, 0.1) is 11.7 Å². The first kappa shape index (κ1) is 17.9. The van der Waals surface area contributed by atoms with E-state index in [2.05, 4.69) is 10.6 Å². The van der Waals surface area contributed by atoms with Crippen LogP contribution in [-0.4, -0.2) is 35.5 Å². The predicted octanol–water partition coefficient (Wildman–Crippen LogP) is 1.24. The maximum atomic E-state index is 13.0. The summed E-state index contributed by atoms with van der Waals surface area (Å²) in [5, 5.41) is 14.2. The number of amides is 2. The second kappa shape index (κ2) is 8.42. The molecule has 7 heteroatoms. The number of carboxylic acid groups (broad SMARTS) is 1. The lowest BCUT2D eigenvalue weighted by Gasteiger charge is -2.26. The minimum atomic E-state index is -0.788. The number of hydrogen-bond acceptors (Lipinski definition) is 3. The van der Waals surface area contributed by atoms with Gasteiger partial charge in [-0.15, -0.1) is 0 Å². The Labute approximate surface area is 139 Å². The van der Waals surface area contributed by atoms with E-state index in [0.717, 1.165) is 0 Å². The van der Waals surface area contributed by atoms with Gasteiger partial charge in [0.05, 0.1) is 18.9 Å². The highest BCUT2D eigenvalue weighted by Crippen LogP contribution is 2.24. The summed E-state index contributed by atoms with van der Waals surface area (Å²) < 4.78 is 13.0. The SMILES string of the molecule is O=C(Cc1cccc(F)c1)NCC(=O)NC1CCC(C(=O)O)CC1. The number of aliphatic carboxylic acids is 1. The lowest BCUT2D eigenvalue weighted by atomic mass is 9.86. The fourth-order valence-corrected chi connectivity index (χ4v) is 2.84. The number of carboxylic acids is 1. The highest BCUT2D eigenvalue weighted by atomic mass is 19.1. The highest BCUT2D eigenvalue weighted by molar-refractivity contribution is 5.85. The van der Waals surface area contributed by atoms with Crippen molar-refractivity contribution < 1.29 is 23.9 Å². The minimum absolute atomic E-state index is 0.00869.